The van der Waals surface area contributed by atoms with Crippen LogP contribution >= 0.6 is 0 Å². The monoisotopic (exact) mass is 210 g/mol. The second-order valence-corrected chi connectivity index (χ2v) is 3.54. The minimum atomic E-state index is 0.0818. The van der Waals surface area contributed by atoms with Crippen molar-refractivity contribution >= 4 is 11.8 Å². The summed E-state index contributed by atoms with van der Waals surface area (Å²) in [6, 6.07) is 1.76. The number of anilines is 2. The molecule has 0 aliphatic carbocycles. The predicted octanol–water partition coefficient (Wildman–Crippen LogP) is 1.67. The van der Waals surface area contributed by atoms with Gasteiger partial charge in [0.1, 0.15) is 5.82 Å². The average molecular weight is 210 g/mol. The van der Waals surface area contributed by atoms with E-state index in [-0.39, 0.29) is 12.1 Å². The number of nitrogens with one attached hydrogen (secondary N) is 1. The van der Waals surface area contributed by atoms with Crippen LogP contribution in [0.3, 0.4) is 0 Å². The first-order chi connectivity index (χ1) is 7.11. The largest absolute Gasteiger partial charge is 0.475 e. The van der Waals surface area contributed by atoms with Crippen molar-refractivity contribution in [3.8, 4) is 5.88 Å². The van der Waals surface area contributed by atoms with Crippen LogP contribution in [0.25, 0.3) is 0 Å². The Labute approximate surface area is 90.1 Å². The van der Waals surface area contributed by atoms with Crippen LogP contribution < -0.4 is 15.8 Å². The van der Waals surface area contributed by atoms with Gasteiger partial charge in [0, 0.05) is 12.6 Å². The number of hydrogen-bond donors (Lipinski definition) is 2. The van der Waals surface area contributed by atoms with Crippen LogP contribution in [-0.2, 0) is 0 Å². The van der Waals surface area contributed by atoms with Crippen molar-refractivity contribution in [2.45, 2.75) is 33.3 Å². The molecule has 0 atom stereocenters. The first kappa shape index (κ1) is 11.6. The van der Waals surface area contributed by atoms with Crippen molar-refractivity contribution in [2.75, 3.05) is 17.6 Å². The first-order valence-corrected chi connectivity index (χ1v) is 5.17. The maximum Gasteiger partial charge on any atom is 0.225 e. The third-order valence-electron chi connectivity index (χ3n) is 1.63. The minimum Gasteiger partial charge on any atom is -0.475 e. The third-order valence-corrected chi connectivity index (χ3v) is 1.63. The summed E-state index contributed by atoms with van der Waals surface area (Å²) in [5, 5.41) is 3.14. The lowest BCUT2D eigenvalue weighted by atomic mass is 10.4. The Balaban J connectivity index is 2.75. The van der Waals surface area contributed by atoms with Gasteiger partial charge >= 0.3 is 0 Å². The molecule has 0 saturated heterocycles. The summed E-state index contributed by atoms with van der Waals surface area (Å²) >= 11 is 0. The van der Waals surface area contributed by atoms with E-state index >= 15 is 0 Å². The summed E-state index contributed by atoms with van der Waals surface area (Å²) in [7, 11) is 0. The molecule has 1 aromatic rings. The number of ether oxygens (including phenoxy) is 1. The molecule has 3 N–H and O–H groups in total. The Morgan fingerprint density at radius 3 is 2.80 bits per heavy atom. The first-order valence-electron chi connectivity index (χ1n) is 5.17. The fourth-order valence-electron chi connectivity index (χ4n) is 1.09. The number of nitrogens with two attached hydrogens (primary N) is 1. The third kappa shape index (κ3) is 4.01. The molecular weight excluding hydrogens is 192 g/mol. The molecule has 0 bridgehead atoms. The van der Waals surface area contributed by atoms with Gasteiger partial charge in [-0.2, -0.15) is 9.97 Å². The lowest BCUT2D eigenvalue weighted by molar-refractivity contribution is 0.233. The molecule has 0 unspecified atom stereocenters. The van der Waals surface area contributed by atoms with Crippen LogP contribution in [0.4, 0.5) is 11.8 Å². The second-order valence-electron chi connectivity index (χ2n) is 3.54. The molecular formula is C10H18N4O. The Morgan fingerprint density at radius 1 is 1.47 bits per heavy atom. The van der Waals surface area contributed by atoms with Crippen molar-refractivity contribution in [3.05, 3.63) is 6.07 Å². The van der Waals surface area contributed by atoms with E-state index in [9.17, 15) is 0 Å². The molecule has 1 heterocycles. The van der Waals surface area contributed by atoms with E-state index in [2.05, 4.69) is 22.2 Å². The zero-order valence-corrected chi connectivity index (χ0v) is 9.45. The van der Waals surface area contributed by atoms with Crippen LogP contribution in [0.5, 0.6) is 5.88 Å². The maximum absolute atomic E-state index is 5.56. The number of nitrogen functional groups attached to an aromatic ring is 1. The topological polar surface area (TPSA) is 73.1 Å². The average Bonchev–Trinajstić information content (AvgIpc) is 2.12. The van der Waals surface area contributed by atoms with E-state index in [0.29, 0.717) is 11.7 Å². The molecule has 15 heavy (non-hydrogen) atoms. The highest BCUT2D eigenvalue weighted by Crippen LogP contribution is 2.15. The van der Waals surface area contributed by atoms with Crippen LogP contribution in [-0.4, -0.2) is 22.6 Å². The highest BCUT2D eigenvalue weighted by Gasteiger charge is 2.04. The Bertz CT molecular complexity index is 314. The van der Waals surface area contributed by atoms with Crippen LogP contribution in [0, 0.1) is 0 Å². The molecule has 0 spiro atoms. The van der Waals surface area contributed by atoms with Gasteiger partial charge < -0.3 is 15.8 Å². The summed E-state index contributed by atoms with van der Waals surface area (Å²) < 4.78 is 5.44. The number of rotatable bonds is 5. The summed E-state index contributed by atoms with van der Waals surface area (Å²) in [5.74, 6) is 1.45. The smallest absolute Gasteiger partial charge is 0.225 e. The lowest BCUT2D eigenvalue weighted by Gasteiger charge is -2.10. The fraction of sp³-hybridized carbons (Fsp3) is 0.600. The molecule has 0 aliphatic rings. The molecule has 1 rings (SSSR count). The van der Waals surface area contributed by atoms with Gasteiger partial charge in [-0.1, -0.05) is 6.92 Å². The zero-order valence-electron chi connectivity index (χ0n) is 9.45. The standard InChI is InChI=1S/C10H18N4O/c1-4-5-12-8-6-9(15-7(2)3)14-10(11)13-8/h6-7H,4-5H2,1-3H3,(H3,11,12,13,14). The van der Waals surface area contributed by atoms with E-state index in [1.54, 1.807) is 6.07 Å². The van der Waals surface area contributed by atoms with Crippen molar-refractivity contribution in [2.24, 2.45) is 0 Å². The van der Waals surface area contributed by atoms with Gasteiger partial charge in [0.05, 0.1) is 6.10 Å². The van der Waals surface area contributed by atoms with Crippen LogP contribution in [0.2, 0.25) is 0 Å². The van der Waals surface area contributed by atoms with Gasteiger partial charge in [-0.15, -0.1) is 0 Å². The molecule has 0 aromatic carbocycles. The van der Waals surface area contributed by atoms with Crippen molar-refractivity contribution in [1.82, 2.24) is 9.97 Å². The zero-order chi connectivity index (χ0) is 11.3. The molecule has 5 heteroatoms. The Hall–Kier alpha value is -1.52. The van der Waals surface area contributed by atoms with Crippen molar-refractivity contribution in [1.29, 1.82) is 0 Å². The lowest BCUT2D eigenvalue weighted by Crippen LogP contribution is -2.10. The van der Waals surface area contributed by atoms with Gasteiger partial charge in [0.2, 0.25) is 11.8 Å². The number of hydrogen-bond acceptors (Lipinski definition) is 5. The molecule has 84 valence electrons. The highest BCUT2D eigenvalue weighted by atomic mass is 16.5. The Kier molecular flexibility index (Phi) is 4.15. The minimum absolute atomic E-state index is 0.0818. The predicted molar refractivity (Wildman–Crippen MR) is 61.0 cm³/mol. The van der Waals surface area contributed by atoms with Crippen molar-refractivity contribution in [3.63, 3.8) is 0 Å². The summed E-state index contributed by atoms with van der Waals surface area (Å²) in [5.41, 5.74) is 5.56. The quantitative estimate of drug-likeness (QED) is 0.773. The SMILES string of the molecule is CCCNc1cc(OC(C)C)nc(N)n1. The summed E-state index contributed by atoms with van der Waals surface area (Å²) in [6.45, 7) is 6.83. The van der Waals surface area contributed by atoms with E-state index < -0.39 is 0 Å². The van der Waals surface area contributed by atoms with Crippen LogP contribution in [0.15, 0.2) is 6.07 Å². The molecule has 0 amide bonds. The fourth-order valence-corrected chi connectivity index (χ4v) is 1.09. The van der Waals surface area contributed by atoms with E-state index in [1.165, 1.54) is 0 Å². The van der Waals surface area contributed by atoms with Crippen LogP contribution in [0.1, 0.15) is 27.2 Å². The highest BCUT2D eigenvalue weighted by molar-refractivity contribution is 5.42. The number of aromatic nitrogens is 2. The van der Waals surface area contributed by atoms with Gasteiger partial charge in [0.15, 0.2) is 0 Å². The van der Waals surface area contributed by atoms with Gasteiger partial charge in [0.25, 0.3) is 0 Å². The van der Waals surface area contributed by atoms with E-state index in [4.69, 9.17) is 10.5 Å². The molecule has 1 aromatic heterocycles. The summed E-state index contributed by atoms with van der Waals surface area (Å²) in [6.07, 6.45) is 1.11. The van der Waals surface area contributed by atoms with E-state index in [1.807, 2.05) is 13.8 Å². The molecule has 0 aliphatic heterocycles. The number of nitrogens with zero attached hydrogens (tertiary/aromatic N) is 2. The molecule has 0 saturated carbocycles. The summed E-state index contributed by atoms with van der Waals surface area (Å²) in [4.78, 5) is 8.04. The van der Waals surface area contributed by atoms with Gasteiger partial charge in [-0.3, -0.25) is 0 Å². The molecule has 0 radical (unpaired) electrons. The van der Waals surface area contributed by atoms with Gasteiger partial charge in [-0.25, -0.2) is 0 Å². The second kappa shape index (κ2) is 5.38. The Morgan fingerprint density at radius 2 is 2.20 bits per heavy atom. The van der Waals surface area contributed by atoms with E-state index in [0.717, 1.165) is 13.0 Å². The van der Waals surface area contributed by atoms with Crippen molar-refractivity contribution < 1.29 is 4.74 Å². The normalized spacial score (nSPS) is 10.4. The molecule has 0 fully saturated rings. The molecule has 5 nitrogen and oxygen atoms in total. The van der Waals surface area contributed by atoms with Gasteiger partial charge in [-0.05, 0) is 20.3 Å². The maximum atomic E-state index is 5.56.